The number of benzene rings is 1. The Bertz CT molecular complexity index is 532. The summed E-state index contributed by atoms with van der Waals surface area (Å²) in [6.45, 7) is 4.41. The molecule has 1 saturated carbocycles. The Labute approximate surface area is 132 Å². The zero-order valence-corrected chi connectivity index (χ0v) is 13.3. The SMILES string of the molecule is Cc1ccccc1OCCCC(=O)N1CC2CCC(N)C2C1. The van der Waals surface area contributed by atoms with Crippen molar-refractivity contribution in [2.24, 2.45) is 17.6 Å². The molecule has 0 bridgehead atoms. The molecular formula is C18H26N2O2. The van der Waals surface area contributed by atoms with E-state index in [-0.39, 0.29) is 5.91 Å². The van der Waals surface area contributed by atoms with Gasteiger partial charge >= 0.3 is 0 Å². The number of rotatable bonds is 5. The predicted octanol–water partition coefficient (Wildman–Crippen LogP) is 2.35. The zero-order chi connectivity index (χ0) is 15.5. The molecular weight excluding hydrogens is 276 g/mol. The second-order valence-electron chi connectivity index (χ2n) is 6.68. The number of hydrogen-bond acceptors (Lipinski definition) is 3. The van der Waals surface area contributed by atoms with Gasteiger partial charge in [-0.25, -0.2) is 0 Å². The summed E-state index contributed by atoms with van der Waals surface area (Å²) in [4.78, 5) is 14.3. The third-order valence-electron chi connectivity index (χ3n) is 5.15. The molecule has 4 heteroatoms. The molecule has 1 aliphatic carbocycles. The van der Waals surface area contributed by atoms with Crippen molar-refractivity contribution in [1.29, 1.82) is 0 Å². The molecule has 2 fully saturated rings. The number of carbonyl (C=O) groups is 1. The number of hydrogen-bond donors (Lipinski definition) is 1. The number of aryl methyl sites for hydroxylation is 1. The Morgan fingerprint density at radius 2 is 2.14 bits per heavy atom. The maximum atomic E-state index is 12.3. The summed E-state index contributed by atoms with van der Waals surface area (Å²) < 4.78 is 5.75. The van der Waals surface area contributed by atoms with Crippen molar-refractivity contribution < 1.29 is 9.53 Å². The van der Waals surface area contributed by atoms with Crippen LogP contribution >= 0.6 is 0 Å². The molecule has 1 aromatic rings. The fraction of sp³-hybridized carbons (Fsp3) is 0.611. The van der Waals surface area contributed by atoms with Crippen LogP contribution in [0.1, 0.15) is 31.2 Å². The largest absolute Gasteiger partial charge is 0.493 e. The average molecular weight is 302 g/mol. The number of nitrogens with two attached hydrogens (primary N) is 1. The molecule has 1 saturated heterocycles. The van der Waals surface area contributed by atoms with Crippen LogP contribution in [0.3, 0.4) is 0 Å². The van der Waals surface area contributed by atoms with Crippen LogP contribution in [0.2, 0.25) is 0 Å². The Morgan fingerprint density at radius 3 is 2.91 bits per heavy atom. The van der Waals surface area contributed by atoms with Gasteiger partial charge in [0.15, 0.2) is 0 Å². The molecule has 2 N–H and O–H groups in total. The molecule has 3 rings (SSSR count). The van der Waals surface area contributed by atoms with Crippen molar-refractivity contribution >= 4 is 5.91 Å². The summed E-state index contributed by atoms with van der Waals surface area (Å²) in [6.07, 6.45) is 3.65. The molecule has 2 aliphatic rings. The Hall–Kier alpha value is -1.55. The molecule has 4 nitrogen and oxygen atoms in total. The first-order chi connectivity index (χ1) is 10.6. The van der Waals surface area contributed by atoms with Gasteiger partial charge in [-0.1, -0.05) is 18.2 Å². The zero-order valence-electron chi connectivity index (χ0n) is 13.3. The maximum Gasteiger partial charge on any atom is 0.222 e. The highest BCUT2D eigenvalue weighted by Crippen LogP contribution is 2.37. The Morgan fingerprint density at radius 1 is 1.32 bits per heavy atom. The summed E-state index contributed by atoms with van der Waals surface area (Å²) in [5.41, 5.74) is 7.26. The molecule has 1 heterocycles. The van der Waals surface area contributed by atoms with Crippen molar-refractivity contribution in [3.63, 3.8) is 0 Å². The monoisotopic (exact) mass is 302 g/mol. The van der Waals surface area contributed by atoms with E-state index in [1.165, 1.54) is 6.42 Å². The second-order valence-corrected chi connectivity index (χ2v) is 6.68. The summed E-state index contributed by atoms with van der Waals surface area (Å²) in [6, 6.07) is 8.28. The topological polar surface area (TPSA) is 55.6 Å². The lowest BCUT2D eigenvalue weighted by atomic mass is 9.98. The first-order valence-electron chi connectivity index (χ1n) is 8.37. The van der Waals surface area contributed by atoms with Crippen molar-refractivity contribution in [2.75, 3.05) is 19.7 Å². The summed E-state index contributed by atoms with van der Waals surface area (Å²) in [5.74, 6) is 2.35. The minimum atomic E-state index is 0.259. The number of fused-ring (bicyclic) bond motifs is 1. The number of carbonyl (C=O) groups excluding carboxylic acids is 1. The number of ether oxygens (including phenoxy) is 1. The van der Waals surface area contributed by atoms with Crippen LogP contribution in [0.4, 0.5) is 0 Å². The maximum absolute atomic E-state index is 12.3. The van der Waals surface area contributed by atoms with Crippen LogP contribution in [0.25, 0.3) is 0 Å². The number of amides is 1. The van der Waals surface area contributed by atoms with Gasteiger partial charge in [-0.3, -0.25) is 4.79 Å². The van der Waals surface area contributed by atoms with Gasteiger partial charge in [-0.15, -0.1) is 0 Å². The van der Waals surface area contributed by atoms with E-state index in [1.807, 2.05) is 36.1 Å². The molecule has 0 radical (unpaired) electrons. The predicted molar refractivity (Wildman–Crippen MR) is 86.7 cm³/mol. The minimum absolute atomic E-state index is 0.259. The van der Waals surface area contributed by atoms with E-state index in [2.05, 4.69) is 0 Å². The van der Waals surface area contributed by atoms with Crippen molar-refractivity contribution in [2.45, 2.75) is 38.6 Å². The van der Waals surface area contributed by atoms with Crippen LogP contribution < -0.4 is 10.5 Å². The van der Waals surface area contributed by atoms with Crippen molar-refractivity contribution in [1.82, 2.24) is 4.90 Å². The van der Waals surface area contributed by atoms with Crippen LogP contribution in [0.5, 0.6) is 5.75 Å². The first kappa shape index (κ1) is 15.3. The van der Waals surface area contributed by atoms with Gasteiger partial charge in [-0.2, -0.15) is 0 Å². The third-order valence-corrected chi connectivity index (χ3v) is 5.15. The van der Waals surface area contributed by atoms with Gasteiger partial charge in [0, 0.05) is 25.6 Å². The quantitative estimate of drug-likeness (QED) is 0.850. The summed E-state index contributed by atoms with van der Waals surface area (Å²) in [5, 5.41) is 0. The lowest BCUT2D eigenvalue weighted by molar-refractivity contribution is -0.130. The van der Waals surface area contributed by atoms with Gasteiger partial charge in [0.05, 0.1) is 6.61 Å². The Kier molecular flexibility index (Phi) is 4.67. The molecule has 1 amide bonds. The molecule has 3 unspecified atom stereocenters. The number of para-hydroxylation sites is 1. The molecule has 22 heavy (non-hydrogen) atoms. The highest BCUT2D eigenvalue weighted by molar-refractivity contribution is 5.76. The molecule has 1 aliphatic heterocycles. The lowest BCUT2D eigenvalue weighted by Crippen LogP contribution is -2.33. The van der Waals surface area contributed by atoms with Crippen molar-refractivity contribution in [3.05, 3.63) is 29.8 Å². The van der Waals surface area contributed by atoms with Crippen LogP contribution in [-0.4, -0.2) is 36.5 Å². The van der Waals surface area contributed by atoms with E-state index in [0.29, 0.717) is 30.9 Å². The van der Waals surface area contributed by atoms with E-state index in [0.717, 1.165) is 37.2 Å². The van der Waals surface area contributed by atoms with E-state index < -0.39 is 0 Å². The van der Waals surface area contributed by atoms with E-state index in [9.17, 15) is 4.79 Å². The van der Waals surface area contributed by atoms with Gasteiger partial charge in [0.1, 0.15) is 5.75 Å². The van der Waals surface area contributed by atoms with E-state index in [4.69, 9.17) is 10.5 Å². The molecule has 1 aromatic carbocycles. The summed E-state index contributed by atoms with van der Waals surface area (Å²) in [7, 11) is 0. The van der Waals surface area contributed by atoms with Gasteiger partial charge < -0.3 is 15.4 Å². The fourth-order valence-electron chi connectivity index (χ4n) is 3.79. The van der Waals surface area contributed by atoms with Crippen LogP contribution in [-0.2, 0) is 4.79 Å². The smallest absolute Gasteiger partial charge is 0.222 e. The highest BCUT2D eigenvalue weighted by atomic mass is 16.5. The van der Waals surface area contributed by atoms with E-state index in [1.54, 1.807) is 0 Å². The van der Waals surface area contributed by atoms with Crippen molar-refractivity contribution in [3.8, 4) is 5.75 Å². The number of nitrogens with zero attached hydrogens (tertiary/aromatic N) is 1. The summed E-state index contributed by atoms with van der Waals surface area (Å²) >= 11 is 0. The molecule has 120 valence electrons. The second kappa shape index (κ2) is 6.69. The van der Waals surface area contributed by atoms with Gasteiger partial charge in [-0.05, 0) is 49.7 Å². The van der Waals surface area contributed by atoms with E-state index >= 15 is 0 Å². The Balaban J connectivity index is 1.39. The lowest BCUT2D eigenvalue weighted by Gasteiger charge is -2.19. The number of likely N-dealkylation sites (tertiary alicyclic amines) is 1. The first-order valence-corrected chi connectivity index (χ1v) is 8.37. The van der Waals surface area contributed by atoms with Crippen LogP contribution in [0.15, 0.2) is 24.3 Å². The molecule has 3 atom stereocenters. The normalized spacial score (nSPS) is 27.0. The standard InChI is InChI=1S/C18H26N2O2/c1-13-5-2-3-6-17(13)22-10-4-7-18(21)20-11-14-8-9-16(19)15(14)12-20/h2-3,5-6,14-16H,4,7-12,19H2,1H3. The molecule has 0 aromatic heterocycles. The minimum Gasteiger partial charge on any atom is -0.493 e. The average Bonchev–Trinajstić information content (AvgIpc) is 3.08. The van der Waals surface area contributed by atoms with Gasteiger partial charge in [0.25, 0.3) is 0 Å². The third kappa shape index (κ3) is 3.27. The van der Waals surface area contributed by atoms with Gasteiger partial charge in [0.2, 0.25) is 5.91 Å². The molecule has 0 spiro atoms. The fourth-order valence-corrected chi connectivity index (χ4v) is 3.79. The van der Waals surface area contributed by atoms with Crippen LogP contribution in [0, 0.1) is 18.8 Å². The highest BCUT2D eigenvalue weighted by Gasteiger charge is 2.42.